The summed E-state index contributed by atoms with van der Waals surface area (Å²) in [5.41, 5.74) is 5.87. The van der Waals surface area contributed by atoms with Crippen molar-refractivity contribution in [2.75, 3.05) is 0 Å². The van der Waals surface area contributed by atoms with Crippen LogP contribution in [0.2, 0.25) is 5.02 Å². The highest BCUT2D eigenvalue weighted by atomic mass is 35.5. The van der Waals surface area contributed by atoms with Gasteiger partial charge in [0.1, 0.15) is 5.69 Å². The molecule has 2 rings (SSSR count). The number of hydrogen-bond acceptors (Lipinski definition) is 4. The summed E-state index contributed by atoms with van der Waals surface area (Å²) in [4.78, 5) is 6.08. The molecule has 4 nitrogen and oxygen atoms in total. The molecule has 2 aromatic rings. The zero-order chi connectivity index (χ0) is 13.0. The van der Waals surface area contributed by atoms with Crippen molar-refractivity contribution in [2.24, 2.45) is 10.9 Å². The molecule has 6 heteroatoms. The van der Waals surface area contributed by atoms with Crippen molar-refractivity contribution in [3.63, 3.8) is 0 Å². The molecule has 0 spiro atoms. The highest BCUT2D eigenvalue weighted by molar-refractivity contribution is 7.99. The van der Waals surface area contributed by atoms with E-state index < -0.39 is 0 Å². The fraction of sp³-hybridized carbons (Fsp3) is 0. The van der Waals surface area contributed by atoms with Crippen molar-refractivity contribution in [1.29, 1.82) is 0 Å². The first-order chi connectivity index (χ1) is 8.69. The summed E-state index contributed by atoms with van der Waals surface area (Å²) in [5.74, 6) is -0.00527. The molecule has 0 aliphatic heterocycles. The molecule has 0 radical (unpaired) electrons. The summed E-state index contributed by atoms with van der Waals surface area (Å²) >= 11 is 7.45. The lowest BCUT2D eigenvalue weighted by Gasteiger charge is -2.03. The Morgan fingerprint density at radius 2 is 2.11 bits per heavy atom. The number of pyridine rings is 1. The van der Waals surface area contributed by atoms with E-state index in [1.54, 1.807) is 12.3 Å². The van der Waals surface area contributed by atoms with Gasteiger partial charge in [-0.15, -0.1) is 0 Å². The first kappa shape index (κ1) is 12.7. The van der Waals surface area contributed by atoms with E-state index in [0.29, 0.717) is 10.7 Å². The molecule has 0 saturated carbocycles. The van der Waals surface area contributed by atoms with Gasteiger partial charge >= 0.3 is 0 Å². The lowest BCUT2D eigenvalue weighted by atomic mass is 10.3. The number of amidine groups is 1. The molecule has 1 aromatic heterocycles. The number of hydrogen-bond donors (Lipinski definition) is 2. The average molecular weight is 280 g/mol. The summed E-state index contributed by atoms with van der Waals surface area (Å²) in [7, 11) is 0. The Balaban J connectivity index is 2.16. The Labute approximate surface area is 113 Å². The topological polar surface area (TPSA) is 71.5 Å². The molecule has 0 saturated heterocycles. The highest BCUT2D eigenvalue weighted by Gasteiger charge is 2.02. The van der Waals surface area contributed by atoms with Crippen LogP contribution in [0.5, 0.6) is 0 Å². The number of aromatic nitrogens is 1. The van der Waals surface area contributed by atoms with Gasteiger partial charge in [0.05, 0.1) is 0 Å². The quantitative estimate of drug-likeness (QED) is 0.392. The first-order valence-electron chi connectivity index (χ1n) is 5.06. The van der Waals surface area contributed by atoms with Crippen LogP contribution in [0.3, 0.4) is 0 Å². The number of nitrogens with two attached hydrogens (primary N) is 1. The van der Waals surface area contributed by atoms with Crippen molar-refractivity contribution < 1.29 is 5.21 Å². The Morgan fingerprint density at radius 1 is 1.28 bits per heavy atom. The minimum Gasteiger partial charge on any atom is -0.409 e. The maximum absolute atomic E-state index is 8.53. The Morgan fingerprint density at radius 3 is 2.72 bits per heavy atom. The smallest absolute Gasteiger partial charge is 0.188 e. The molecule has 0 bridgehead atoms. The van der Waals surface area contributed by atoms with Crippen molar-refractivity contribution in [2.45, 2.75) is 9.79 Å². The van der Waals surface area contributed by atoms with Gasteiger partial charge in [-0.1, -0.05) is 34.6 Å². The SMILES string of the molecule is N/C(=N/O)c1ccc(Sc2cccc(Cl)c2)cn1. The molecule has 3 N–H and O–H groups in total. The first-order valence-corrected chi connectivity index (χ1v) is 6.26. The van der Waals surface area contributed by atoms with Crippen LogP contribution in [-0.4, -0.2) is 16.0 Å². The lowest BCUT2D eigenvalue weighted by Crippen LogP contribution is -2.14. The molecule has 0 unspecified atom stereocenters. The van der Waals surface area contributed by atoms with Gasteiger partial charge in [0.15, 0.2) is 5.84 Å². The van der Waals surface area contributed by atoms with Crippen molar-refractivity contribution in [3.05, 3.63) is 53.3 Å². The van der Waals surface area contributed by atoms with Gasteiger partial charge in [0.25, 0.3) is 0 Å². The van der Waals surface area contributed by atoms with Crippen LogP contribution in [0.4, 0.5) is 0 Å². The van der Waals surface area contributed by atoms with E-state index in [1.165, 1.54) is 11.8 Å². The van der Waals surface area contributed by atoms with Crippen LogP contribution in [0.25, 0.3) is 0 Å². The van der Waals surface area contributed by atoms with Crippen LogP contribution in [0, 0.1) is 0 Å². The van der Waals surface area contributed by atoms with E-state index in [1.807, 2.05) is 30.3 Å². The Kier molecular flexibility index (Phi) is 4.07. The molecular weight excluding hydrogens is 270 g/mol. The molecule has 0 amide bonds. The van der Waals surface area contributed by atoms with Crippen LogP contribution in [0.1, 0.15) is 5.69 Å². The van der Waals surface area contributed by atoms with Gasteiger partial charge in [-0.2, -0.15) is 0 Å². The summed E-state index contributed by atoms with van der Waals surface area (Å²) in [6, 6.07) is 11.1. The third-order valence-electron chi connectivity index (χ3n) is 2.14. The molecule has 0 atom stereocenters. The number of nitrogens with zero attached hydrogens (tertiary/aromatic N) is 2. The molecule has 0 aliphatic carbocycles. The van der Waals surface area contributed by atoms with Gasteiger partial charge in [0, 0.05) is 21.0 Å². The average Bonchev–Trinajstić information content (AvgIpc) is 2.39. The van der Waals surface area contributed by atoms with E-state index in [-0.39, 0.29) is 5.84 Å². The zero-order valence-electron chi connectivity index (χ0n) is 9.25. The van der Waals surface area contributed by atoms with Gasteiger partial charge < -0.3 is 10.9 Å². The third-order valence-corrected chi connectivity index (χ3v) is 3.34. The van der Waals surface area contributed by atoms with Gasteiger partial charge in [-0.25, -0.2) is 0 Å². The van der Waals surface area contributed by atoms with Crippen LogP contribution < -0.4 is 5.73 Å². The van der Waals surface area contributed by atoms with Gasteiger partial charge in [-0.05, 0) is 30.3 Å². The van der Waals surface area contributed by atoms with E-state index in [9.17, 15) is 0 Å². The second kappa shape index (κ2) is 5.75. The van der Waals surface area contributed by atoms with Crippen molar-refractivity contribution >= 4 is 29.2 Å². The standard InChI is InChI=1S/C12H10ClN3OS/c13-8-2-1-3-9(6-8)18-10-4-5-11(15-7-10)12(14)16-17/h1-7,17H,(H2,14,16). The minimum absolute atomic E-state index is 0.00527. The molecule has 18 heavy (non-hydrogen) atoms. The predicted octanol–water partition coefficient (Wildman–Crippen LogP) is 2.98. The van der Waals surface area contributed by atoms with Crippen LogP contribution >= 0.6 is 23.4 Å². The highest BCUT2D eigenvalue weighted by Crippen LogP contribution is 2.28. The second-order valence-corrected chi connectivity index (χ2v) is 5.01. The second-order valence-electron chi connectivity index (χ2n) is 3.42. The fourth-order valence-electron chi connectivity index (χ4n) is 1.31. The lowest BCUT2D eigenvalue weighted by molar-refractivity contribution is 0.318. The molecule has 0 aliphatic rings. The minimum atomic E-state index is -0.00527. The summed E-state index contributed by atoms with van der Waals surface area (Å²) in [5, 5.41) is 12.1. The fourth-order valence-corrected chi connectivity index (χ4v) is 2.41. The number of halogens is 1. The molecule has 0 fully saturated rings. The van der Waals surface area contributed by atoms with Crippen LogP contribution in [-0.2, 0) is 0 Å². The molecular formula is C12H10ClN3OS. The van der Waals surface area contributed by atoms with E-state index in [0.717, 1.165) is 9.79 Å². The maximum Gasteiger partial charge on any atom is 0.188 e. The van der Waals surface area contributed by atoms with Crippen LogP contribution in [0.15, 0.2) is 57.5 Å². The van der Waals surface area contributed by atoms with Gasteiger partial charge in [0.2, 0.25) is 0 Å². The Bertz CT molecular complexity index is 572. The summed E-state index contributed by atoms with van der Waals surface area (Å²) in [6.07, 6.45) is 1.67. The van der Waals surface area contributed by atoms with Crippen molar-refractivity contribution in [1.82, 2.24) is 4.98 Å². The predicted molar refractivity (Wildman–Crippen MR) is 72.3 cm³/mol. The summed E-state index contributed by atoms with van der Waals surface area (Å²) in [6.45, 7) is 0. The number of rotatable bonds is 3. The molecule has 1 aromatic carbocycles. The van der Waals surface area contributed by atoms with E-state index >= 15 is 0 Å². The number of oxime groups is 1. The Hall–Kier alpha value is -1.72. The normalized spacial score (nSPS) is 11.5. The van der Waals surface area contributed by atoms with Gasteiger partial charge in [-0.3, -0.25) is 4.98 Å². The maximum atomic E-state index is 8.53. The zero-order valence-corrected chi connectivity index (χ0v) is 10.8. The summed E-state index contributed by atoms with van der Waals surface area (Å²) < 4.78 is 0. The van der Waals surface area contributed by atoms with Crippen molar-refractivity contribution in [3.8, 4) is 0 Å². The molecule has 1 heterocycles. The monoisotopic (exact) mass is 279 g/mol. The largest absolute Gasteiger partial charge is 0.409 e. The van der Waals surface area contributed by atoms with E-state index in [4.69, 9.17) is 22.5 Å². The molecule has 92 valence electrons. The number of benzene rings is 1. The third kappa shape index (κ3) is 3.15. The van der Waals surface area contributed by atoms with E-state index in [2.05, 4.69) is 10.1 Å².